The zero-order valence-corrected chi connectivity index (χ0v) is 20.5. The summed E-state index contributed by atoms with van der Waals surface area (Å²) in [6.07, 6.45) is 5.32. The minimum absolute atomic E-state index is 0.0972. The number of nitrogens with zero attached hydrogens (tertiary/aromatic N) is 1. The summed E-state index contributed by atoms with van der Waals surface area (Å²) in [5.74, 6) is 1.56. The number of rotatable bonds is 5. The van der Waals surface area contributed by atoms with E-state index in [4.69, 9.17) is 9.47 Å². The number of fused-ring (bicyclic) bond motifs is 1. The molecule has 2 N–H and O–H groups in total. The number of benzene rings is 3. The molecular weight excluding hydrogens is 450 g/mol. The fourth-order valence-electron chi connectivity index (χ4n) is 8.22. The molecule has 0 amide bonds. The van der Waals surface area contributed by atoms with E-state index in [-0.39, 0.29) is 24.0 Å². The standard InChI is InChI=1S/C31H33NO4/c33-24-11-10-21-16-26-31(34)13-12-25(35-18-22-6-3-5-20-4-1-2-7-23(20)22)29-30(31,27(21)28(24)36-29)14-15-32(26)17-19-8-9-19/h1-7,10-11,19,25-26,29,33-34H,8-9,12-18H2/t25-,26+,29-,30-,31+/m0/s1. The van der Waals surface area contributed by atoms with Crippen molar-refractivity contribution in [3.05, 3.63) is 71.3 Å². The summed E-state index contributed by atoms with van der Waals surface area (Å²) < 4.78 is 13.3. The third-order valence-electron chi connectivity index (χ3n) is 10.0. The summed E-state index contributed by atoms with van der Waals surface area (Å²) >= 11 is 0. The first-order valence-corrected chi connectivity index (χ1v) is 13.7. The molecule has 2 saturated carbocycles. The second-order valence-corrected chi connectivity index (χ2v) is 11.8. The fraction of sp³-hybridized carbons (Fsp3) is 0.484. The van der Waals surface area contributed by atoms with Gasteiger partial charge in [-0.15, -0.1) is 0 Å². The van der Waals surface area contributed by atoms with Crippen LogP contribution >= 0.6 is 0 Å². The molecule has 186 valence electrons. The Morgan fingerprint density at radius 1 is 1.00 bits per heavy atom. The highest BCUT2D eigenvalue weighted by molar-refractivity contribution is 5.85. The molecule has 5 heteroatoms. The van der Waals surface area contributed by atoms with Crippen LogP contribution in [-0.4, -0.2) is 52.1 Å². The number of hydrogen-bond donors (Lipinski definition) is 2. The maximum Gasteiger partial charge on any atom is 0.165 e. The first kappa shape index (κ1) is 21.5. The Morgan fingerprint density at radius 2 is 1.86 bits per heavy atom. The second-order valence-electron chi connectivity index (χ2n) is 11.8. The molecular formula is C31H33NO4. The van der Waals surface area contributed by atoms with Gasteiger partial charge in [-0.25, -0.2) is 0 Å². The smallest absolute Gasteiger partial charge is 0.165 e. The molecule has 1 saturated heterocycles. The lowest BCUT2D eigenvalue weighted by Gasteiger charge is -2.64. The molecule has 3 aromatic carbocycles. The molecule has 1 spiro atoms. The lowest BCUT2D eigenvalue weighted by atomic mass is 9.48. The summed E-state index contributed by atoms with van der Waals surface area (Å²) in [5.41, 5.74) is 2.08. The van der Waals surface area contributed by atoms with E-state index in [9.17, 15) is 10.2 Å². The van der Waals surface area contributed by atoms with Gasteiger partial charge >= 0.3 is 0 Å². The van der Waals surface area contributed by atoms with Crippen LogP contribution < -0.4 is 4.74 Å². The zero-order valence-electron chi connectivity index (χ0n) is 20.5. The van der Waals surface area contributed by atoms with E-state index in [0.29, 0.717) is 18.8 Å². The Bertz CT molecular complexity index is 1360. The van der Waals surface area contributed by atoms with Gasteiger partial charge in [0.2, 0.25) is 0 Å². The lowest BCUT2D eigenvalue weighted by Crippen LogP contribution is -2.77. The Hall–Kier alpha value is -2.60. The van der Waals surface area contributed by atoms with Crippen LogP contribution in [-0.2, 0) is 23.2 Å². The SMILES string of the molecule is Oc1ccc2c3c1O[C@H]1[C@@H](OCc4cccc5ccccc45)CC[C@@]4(O)[C@@H](C2)N(CC2CC2)CC[C@]314. The normalized spacial score (nSPS) is 34.4. The Morgan fingerprint density at radius 3 is 2.75 bits per heavy atom. The van der Waals surface area contributed by atoms with Crippen molar-refractivity contribution in [1.29, 1.82) is 0 Å². The Kier molecular flexibility index (Phi) is 4.46. The van der Waals surface area contributed by atoms with Crippen molar-refractivity contribution in [2.75, 3.05) is 13.1 Å². The maximum absolute atomic E-state index is 12.6. The Labute approximate surface area is 211 Å². The van der Waals surface area contributed by atoms with Gasteiger partial charge in [0.05, 0.1) is 23.7 Å². The lowest BCUT2D eigenvalue weighted by molar-refractivity contribution is -0.217. The summed E-state index contributed by atoms with van der Waals surface area (Å²) in [7, 11) is 0. The van der Waals surface area contributed by atoms with Gasteiger partial charge in [-0.3, -0.25) is 4.90 Å². The largest absolute Gasteiger partial charge is 0.504 e. The average molecular weight is 484 g/mol. The molecule has 36 heavy (non-hydrogen) atoms. The number of aromatic hydroxyl groups is 1. The molecule has 3 aliphatic carbocycles. The minimum atomic E-state index is -0.865. The summed E-state index contributed by atoms with van der Waals surface area (Å²) in [6.45, 7) is 2.57. The number of ether oxygens (including phenoxy) is 2. The van der Waals surface area contributed by atoms with Crippen molar-refractivity contribution < 1.29 is 19.7 Å². The third-order valence-corrected chi connectivity index (χ3v) is 10.0. The van der Waals surface area contributed by atoms with Crippen LogP contribution in [0.15, 0.2) is 54.6 Å². The molecule has 5 aliphatic rings. The molecule has 5 nitrogen and oxygen atoms in total. The first-order valence-electron chi connectivity index (χ1n) is 13.7. The van der Waals surface area contributed by atoms with E-state index >= 15 is 0 Å². The highest BCUT2D eigenvalue weighted by Crippen LogP contribution is 2.65. The van der Waals surface area contributed by atoms with Gasteiger partial charge < -0.3 is 19.7 Å². The van der Waals surface area contributed by atoms with Crippen molar-refractivity contribution in [3.8, 4) is 11.5 Å². The van der Waals surface area contributed by atoms with E-state index in [2.05, 4.69) is 53.4 Å². The molecule has 0 radical (unpaired) electrons. The van der Waals surface area contributed by atoms with Crippen LogP contribution in [0.3, 0.4) is 0 Å². The van der Waals surface area contributed by atoms with Crippen LogP contribution in [0.4, 0.5) is 0 Å². The van der Waals surface area contributed by atoms with Crippen LogP contribution in [0.1, 0.15) is 48.8 Å². The highest BCUT2D eigenvalue weighted by Gasteiger charge is 2.73. The molecule has 5 atom stereocenters. The van der Waals surface area contributed by atoms with E-state index in [1.54, 1.807) is 6.07 Å². The molecule has 3 fully saturated rings. The number of aliphatic hydroxyl groups is 1. The third kappa shape index (κ3) is 2.77. The van der Waals surface area contributed by atoms with Crippen LogP contribution in [0, 0.1) is 5.92 Å². The zero-order chi connectivity index (χ0) is 24.1. The molecule has 2 heterocycles. The highest BCUT2D eigenvalue weighted by atomic mass is 16.6. The number of piperidine rings is 1. The second kappa shape index (κ2) is 7.47. The molecule has 0 aromatic heterocycles. The van der Waals surface area contributed by atoms with Crippen LogP contribution in [0.2, 0.25) is 0 Å². The number of phenols is 1. The van der Waals surface area contributed by atoms with E-state index in [1.807, 2.05) is 0 Å². The average Bonchev–Trinajstić information content (AvgIpc) is 3.63. The van der Waals surface area contributed by atoms with Crippen molar-refractivity contribution in [2.24, 2.45) is 5.92 Å². The van der Waals surface area contributed by atoms with Gasteiger partial charge in [0, 0.05) is 18.2 Å². The van der Waals surface area contributed by atoms with Gasteiger partial charge in [-0.2, -0.15) is 0 Å². The predicted molar refractivity (Wildman–Crippen MR) is 137 cm³/mol. The van der Waals surface area contributed by atoms with Crippen molar-refractivity contribution in [2.45, 2.75) is 74.4 Å². The first-order chi connectivity index (χ1) is 17.6. The monoisotopic (exact) mass is 483 g/mol. The minimum Gasteiger partial charge on any atom is -0.504 e. The van der Waals surface area contributed by atoms with E-state index in [1.165, 1.54) is 34.7 Å². The van der Waals surface area contributed by atoms with E-state index in [0.717, 1.165) is 43.8 Å². The van der Waals surface area contributed by atoms with Gasteiger partial charge in [-0.05, 0) is 79.0 Å². The predicted octanol–water partition coefficient (Wildman–Crippen LogP) is 4.69. The molecule has 8 rings (SSSR count). The number of phenolic OH excluding ortho intramolecular Hbond substituents is 1. The van der Waals surface area contributed by atoms with Gasteiger partial charge in [0.25, 0.3) is 0 Å². The topological polar surface area (TPSA) is 62.2 Å². The maximum atomic E-state index is 12.6. The quantitative estimate of drug-likeness (QED) is 0.551. The molecule has 2 aliphatic heterocycles. The summed E-state index contributed by atoms with van der Waals surface area (Å²) in [5, 5.41) is 25.8. The summed E-state index contributed by atoms with van der Waals surface area (Å²) in [6, 6.07) is 18.7. The number of hydrogen-bond acceptors (Lipinski definition) is 5. The fourth-order valence-corrected chi connectivity index (χ4v) is 8.22. The van der Waals surface area contributed by atoms with Gasteiger partial charge in [-0.1, -0.05) is 48.5 Å². The Balaban J connectivity index is 1.18. The summed E-state index contributed by atoms with van der Waals surface area (Å²) in [4.78, 5) is 2.57. The molecule has 3 aromatic rings. The molecule has 0 unspecified atom stereocenters. The number of likely N-dealkylation sites (tertiary alicyclic amines) is 1. The van der Waals surface area contributed by atoms with Gasteiger partial charge in [0.1, 0.15) is 6.10 Å². The van der Waals surface area contributed by atoms with E-state index < -0.39 is 11.0 Å². The van der Waals surface area contributed by atoms with Crippen molar-refractivity contribution >= 4 is 10.8 Å². The van der Waals surface area contributed by atoms with Crippen LogP contribution in [0.5, 0.6) is 11.5 Å². The molecule has 2 bridgehead atoms. The van der Waals surface area contributed by atoms with Gasteiger partial charge in [0.15, 0.2) is 11.5 Å². The van der Waals surface area contributed by atoms with Crippen LogP contribution in [0.25, 0.3) is 10.8 Å². The van der Waals surface area contributed by atoms with Crippen molar-refractivity contribution in [1.82, 2.24) is 4.90 Å². The van der Waals surface area contributed by atoms with Crippen molar-refractivity contribution in [3.63, 3.8) is 0 Å².